The van der Waals surface area contributed by atoms with Crippen LogP contribution in [0.2, 0.25) is 0 Å². The summed E-state index contributed by atoms with van der Waals surface area (Å²) < 4.78 is 18.0. The molecule has 15 nitrogen and oxygen atoms in total. The Morgan fingerprint density at radius 1 is 1.00 bits per heavy atom. The van der Waals surface area contributed by atoms with Crippen molar-refractivity contribution in [2.75, 3.05) is 26.2 Å². The Hall–Kier alpha value is -3.54. The van der Waals surface area contributed by atoms with E-state index < -0.39 is 77.2 Å². The van der Waals surface area contributed by atoms with Crippen LogP contribution in [-0.2, 0) is 30.3 Å². The molecule has 3 amide bonds. The molecular formula is C41H50AcN6O9S. The monoisotopic (exact) mass is 1030 g/mol. The average Bonchev–Trinajstić information content (AvgIpc) is 3.66. The Bertz CT molecular complexity index is 2110. The predicted octanol–water partition coefficient (Wildman–Crippen LogP) is 3.02. The van der Waals surface area contributed by atoms with E-state index in [-0.39, 0.29) is 80.8 Å². The number of fused-ring (bicyclic) bond motifs is 10. The van der Waals surface area contributed by atoms with Gasteiger partial charge in [0.25, 0.3) is 0 Å². The molecule has 5 N–H and O–H groups in total. The number of phenolic OH excluding ortho intramolecular Hbond substituents is 2. The molecule has 8 rings (SSSR count). The number of benzene rings is 2. The number of aromatic hydroxyl groups is 2. The molecular weight excluding hydrogens is 980 g/mol. The number of carbonyl (C=O) groups is 4. The fourth-order valence-electron chi connectivity index (χ4n) is 9.23. The zero-order valence-corrected chi connectivity index (χ0v) is 39.5. The first-order valence-electron chi connectivity index (χ1n) is 19.3. The first-order valence-corrected chi connectivity index (χ1v) is 20.3. The Balaban J connectivity index is 0.00000567. The number of nitriles is 1. The summed E-state index contributed by atoms with van der Waals surface area (Å²) in [5, 5.41) is 42.4. The topological polar surface area (TPSA) is 203 Å². The van der Waals surface area contributed by atoms with Crippen LogP contribution in [0.25, 0.3) is 0 Å². The number of aryl methyl sites for hydroxylation is 1. The van der Waals surface area contributed by atoms with E-state index in [1.165, 1.54) is 24.8 Å². The molecule has 9 atom stereocenters. The number of nitrogens with zero attached hydrogens (tertiary/aromatic N) is 3. The number of phenols is 2. The van der Waals surface area contributed by atoms with Crippen LogP contribution in [0.1, 0.15) is 84.0 Å². The van der Waals surface area contributed by atoms with Gasteiger partial charge in [-0.25, -0.2) is 4.79 Å². The van der Waals surface area contributed by atoms with Gasteiger partial charge in [-0.2, -0.15) is 5.26 Å². The molecule has 58 heavy (non-hydrogen) atoms. The van der Waals surface area contributed by atoms with E-state index in [1.54, 1.807) is 33.8 Å². The Kier molecular flexibility index (Phi) is 13.1. The third-order valence-corrected chi connectivity index (χ3v) is 13.6. The first kappa shape index (κ1) is 44.0. The molecule has 4 bridgehead atoms. The molecule has 6 aliphatic heterocycles. The van der Waals surface area contributed by atoms with Gasteiger partial charge in [0, 0.05) is 84.2 Å². The Morgan fingerprint density at radius 2 is 1.69 bits per heavy atom. The van der Waals surface area contributed by atoms with Crippen molar-refractivity contribution in [1.82, 2.24) is 25.8 Å². The summed E-state index contributed by atoms with van der Waals surface area (Å²) in [6, 6.07) is -1.21. The normalized spacial score (nSPS) is 26.9. The van der Waals surface area contributed by atoms with Gasteiger partial charge in [0.1, 0.15) is 42.3 Å². The van der Waals surface area contributed by atoms with E-state index in [1.807, 2.05) is 20.9 Å². The van der Waals surface area contributed by atoms with Crippen LogP contribution in [-0.4, -0.2) is 106 Å². The minimum absolute atomic E-state index is 0. The van der Waals surface area contributed by atoms with Crippen molar-refractivity contribution < 1.29 is 87.7 Å². The summed E-state index contributed by atoms with van der Waals surface area (Å²) in [7, 11) is 1.97. The van der Waals surface area contributed by atoms with Crippen molar-refractivity contribution in [2.24, 2.45) is 5.92 Å². The molecule has 17 heteroatoms. The second-order valence-corrected chi connectivity index (χ2v) is 17.1. The number of ether oxygens (including phenoxy) is 3. The maximum atomic E-state index is 14.0. The van der Waals surface area contributed by atoms with Crippen LogP contribution >= 0.6 is 11.8 Å². The number of hydrogen-bond donors (Lipinski definition) is 5. The van der Waals surface area contributed by atoms with Crippen LogP contribution < -0.4 is 25.4 Å². The Labute approximate surface area is 378 Å². The number of carbonyl (C=O) groups excluding carboxylic acids is 4. The number of esters is 1. The van der Waals surface area contributed by atoms with Crippen molar-refractivity contribution in [2.45, 2.75) is 108 Å². The van der Waals surface area contributed by atoms with Gasteiger partial charge in [0.15, 0.2) is 11.5 Å². The van der Waals surface area contributed by atoms with Crippen LogP contribution in [0, 0.1) is 82.1 Å². The SMILES string of the molecule is C/C=C/C(=O)NC(C)C(=O)NC(C(=O)N[C@H]1CS[C@@H]2c3c(O)c(C)c4c(c3[C@H](COC1=O)N1C2[C@H]2c3c(cc(C)c(C)c3O)C[C@@H]([C@@H]1C#N)N2C)OCO4)C(C)C.[Ac]. The van der Waals surface area contributed by atoms with E-state index in [9.17, 15) is 34.7 Å². The third-order valence-electron chi connectivity index (χ3n) is 12.2. The summed E-state index contributed by atoms with van der Waals surface area (Å²) >= 11 is 1.33. The molecule has 2 saturated heterocycles. The summed E-state index contributed by atoms with van der Waals surface area (Å²) in [5.41, 5.74) is 5.06. The second-order valence-electron chi connectivity index (χ2n) is 15.9. The number of amides is 3. The minimum Gasteiger partial charge on any atom is -0.507 e. The second kappa shape index (κ2) is 17.2. The number of thioether (sulfide) groups is 1. The van der Waals surface area contributed by atoms with Gasteiger partial charge in [-0.1, -0.05) is 26.0 Å². The summed E-state index contributed by atoms with van der Waals surface area (Å²) in [5.74, 6) is -1.73. The molecule has 6 heterocycles. The molecule has 3 unspecified atom stereocenters. The van der Waals surface area contributed by atoms with E-state index in [4.69, 9.17) is 14.2 Å². The molecule has 1 radical (unpaired) electrons. The standard InChI is InChI=1S/C41H50N6O9S.Ac/c1-9-10-27(48)43-21(7)39(51)45-31(17(2)3)40(52)44-23-15-57-38-30-29(37-36(55-16-56-37)20(6)35(30)50)26(14-54-41(23)53)47-25(13-42)24-12-22-11-18(4)19(5)34(49)28(22)32(33(38)47)46(24)8;/h9-11,17,21,23-26,31-33,38,49-50H,12,14-16H2,1-8H3,(H,43,48)(H,44,52)(H,45,51);/b10-9+;/t21?,23-,24-,25-,26-,31?,32+,33?,38+;/m0./s1. The number of piperazine rings is 1. The number of hydrogen-bond acceptors (Lipinski definition) is 13. The zero-order valence-electron chi connectivity index (χ0n) is 33.9. The quantitative estimate of drug-likeness (QED) is 0.200. The number of rotatable bonds is 7. The van der Waals surface area contributed by atoms with Crippen molar-refractivity contribution in [1.29, 1.82) is 5.26 Å². The van der Waals surface area contributed by atoms with Crippen molar-refractivity contribution in [3.05, 3.63) is 57.2 Å². The number of likely N-dealkylation sites (N-methyl/N-ethyl adjacent to an activating group) is 1. The molecule has 0 aromatic heterocycles. The first-order chi connectivity index (χ1) is 27.1. The molecule has 2 aromatic rings. The largest absolute Gasteiger partial charge is 0.507 e. The van der Waals surface area contributed by atoms with Gasteiger partial charge in [-0.05, 0) is 76.8 Å². The molecule has 2 aromatic carbocycles. The third kappa shape index (κ3) is 7.35. The molecule has 307 valence electrons. The smallest absolute Gasteiger partial charge is 0.329 e. The molecule has 0 aliphatic carbocycles. The zero-order chi connectivity index (χ0) is 41.2. The van der Waals surface area contributed by atoms with Gasteiger partial charge in [0.05, 0.1) is 23.4 Å². The molecule has 0 saturated carbocycles. The van der Waals surface area contributed by atoms with Crippen LogP contribution in [0.4, 0.5) is 0 Å². The van der Waals surface area contributed by atoms with Crippen molar-refractivity contribution in [3.8, 4) is 29.1 Å². The Morgan fingerprint density at radius 3 is 2.36 bits per heavy atom. The summed E-state index contributed by atoms with van der Waals surface area (Å²) in [4.78, 5) is 57.4. The van der Waals surface area contributed by atoms with Crippen LogP contribution in [0.3, 0.4) is 0 Å². The van der Waals surface area contributed by atoms with Gasteiger partial charge in [-0.15, -0.1) is 11.8 Å². The maximum absolute atomic E-state index is 14.0. The van der Waals surface area contributed by atoms with Crippen LogP contribution in [0.15, 0.2) is 18.2 Å². The van der Waals surface area contributed by atoms with Gasteiger partial charge in [-0.3, -0.25) is 24.2 Å². The van der Waals surface area contributed by atoms with Gasteiger partial charge >= 0.3 is 5.97 Å². The van der Waals surface area contributed by atoms with E-state index in [0.717, 1.165) is 22.3 Å². The minimum atomic E-state index is -1.17. The van der Waals surface area contributed by atoms with E-state index in [0.29, 0.717) is 34.6 Å². The fourth-order valence-corrected chi connectivity index (χ4v) is 10.7. The predicted molar refractivity (Wildman–Crippen MR) is 210 cm³/mol. The van der Waals surface area contributed by atoms with Crippen molar-refractivity contribution in [3.63, 3.8) is 0 Å². The summed E-state index contributed by atoms with van der Waals surface area (Å²) in [6.07, 6.45) is 3.35. The van der Waals surface area contributed by atoms with Gasteiger partial charge in [0.2, 0.25) is 24.5 Å². The van der Waals surface area contributed by atoms with Gasteiger partial charge < -0.3 is 40.4 Å². The van der Waals surface area contributed by atoms with E-state index in [2.05, 4.69) is 37.9 Å². The van der Waals surface area contributed by atoms with E-state index >= 15 is 0 Å². The number of allylic oxidation sites excluding steroid dienone is 1. The fraction of sp³-hybridized carbons (Fsp3) is 0.537. The number of nitrogens with one attached hydrogen (secondary N) is 3. The van der Waals surface area contributed by atoms with Crippen LogP contribution in [0.5, 0.6) is 23.0 Å². The molecule has 0 spiro atoms. The molecule has 6 aliphatic rings. The summed E-state index contributed by atoms with van der Waals surface area (Å²) in [6.45, 7) is 12.0. The average molecular weight is 1030 g/mol. The maximum Gasteiger partial charge on any atom is 0.329 e. The van der Waals surface area contributed by atoms with Crippen molar-refractivity contribution >= 4 is 35.5 Å². The molecule has 2 fully saturated rings.